The lowest BCUT2D eigenvalue weighted by Crippen LogP contribution is -2.26. The Morgan fingerprint density at radius 1 is 1.38 bits per heavy atom. The van der Waals surface area contributed by atoms with E-state index in [0.29, 0.717) is 18.5 Å². The van der Waals surface area contributed by atoms with Gasteiger partial charge in [0.25, 0.3) is 0 Å². The fourth-order valence-corrected chi connectivity index (χ4v) is 1.51. The molecule has 3 nitrogen and oxygen atoms in total. The fraction of sp³-hybridized carbons (Fsp3) is 0.417. The molecule has 0 aromatic heterocycles. The first kappa shape index (κ1) is 13.0. The van der Waals surface area contributed by atoms with E-state index in [1.165, 1.54) is 5.56 Å². The van der Waals surface area contributed by atoms with Crippen molar-refractivity contribution in [2.45, 2.75) is 13.3 Å². The molecule has 0 aliphatic rings. The molecule has 88 valence electrons. The molecular weight excluding hydrogens is 270 g/mol. The van der Waals surface area contributed by atoms with Gasteiger partial charge in [-0.1, -0.05) is 28.1 Å². The lowest BCUT2D eigenvalue weighted by molar-refractivity contribution is -0.118. The second-order valence-electron chi connectivity index (χ2n) is 3.31. The van der Waals surface area contributed by atoms with Crippen LogP contribution in [0.2, 0.25) is 0 Å². The van der Waals surface area contributed by atoms with Crippen molar-refractivity contribution in [3.63, 3.8) is 0 Å². The summed E-state index contributed by atoms with van der Waals surface area (Å²) in [6.45, 7) is 3.31. The van der Waals surface area contributed by atoms with Crippen molar-refractivity contribution in [3.8, 4) is 5.75 Å². The van der Waals surface area contributed by atoms with Crippen LogP contribution in [0.3, 0.4) is 0 Å². The van der Waals surface area contributed by atoms with E-state index in [1.807, 2.05) is 31.2 Å². The van der Waals surface area contributed by atoms with Gasteiger partial charge in [-0.15, -0.1) is 0 Å². The molecule has 0 heterocycles. The van der Waals surface area contributed by atoms with Crippen molar-refractivity contribution in [1.29, 1.82) is 0 Å². The first-order chi connectivity index (χ1) is 7.76. The maximum Gasteiger partial charge on any atom is 0.230 e. The Labute approximate surface area is 104 Å². The molecule has 1 amide bonds. The third-order valence-corrected chi connectivity index (χ3v) is 2.60. The van der Waals surface area contributed by atoms with Gasteiger partial charge in [0.2, 0.25) is 5.91 Å². The quantitative estimate of drug-likeness (QED) is 0.814. The summed E-state index contributed by atoms with van der Waals surface area (Å²) < 4.78 is 5.34. The van der Waals surface area contributed by atoms with Crippen LogP contribution in [0.5, 0.6) is 5.75 Å². The SMILES string of the molecule is CCOc1ccc(CCNC(=O)CBr)cc1. The molecule has 1 aromatic rings. The number of amides is 1. The average molecular weight is 286 g/mol. The molecule has 4 heteroatoms. The van der Waals surface area contributed by atoms with Crippen LogP contribution in [-0.2, 0) is 11.2 Å². The predicted octanol–water partition coefficient (Wildman–Crippen LogP) is 2.14. The molecule has 0 spiro atoms. The number of hydrogen-bond donors (Lipinski definition) is 1. The summed E-state index contributed by atoms with van der Waals surface area (Å²) >= 11 is 3.10. The molecule has 0 atom stereocenters. The fourth-order valence-electron chi connectivity index (χ4n) is 1.31. The first-order valence-corrected chi connectivity index (χ1v) is 6.42. The third-order valence-electron chi connectivity index (χ3n) is 2.09. The lowest BCUT2D eigenvalue weighted by atomic mass is 10.1. The van der Waals surface area contributed by atoms with E-state index >= 15 is 0 Å². The average Bonchev–Trinajstić information content (AvgIpc) is 2.31. The first-order valence-electron chi connectivity index (χ1n) is 5.30. The second kappa shape index (κ2) is 7.28. The number of hydrogen-bond acceptors (Lipinski definition) is 2. The van der Waals surface area contributed by atoms with Crippen LogP contribution in [-0.4, -0.2) is 24.4 Å². The zero-order valence-corrected chi connectivity index (χ0v) is 10.9. The number of nitrogens with one attached hydrogen (secondary N) is 1. The number of carbonyl (C=O) groups excluding carboxylic acids is 1. The maximum absolute atomic E-state index is 11.0. The molecule has 1 N–H and O–H groups in total. The van der Waals surface area contributed by atoms with Crippen molar-refractivity contribution in [2.24, 2.45) is 0 Å². The summed E-state index contributed by atoms with van der Waals surface area (Å²) in [7, 11) is 0. The molecule has 0 unspecified atom stereocenters. The molecule has 0 radical (unpaired) electrons. The standard InChI is InChI=1S/C12H16BrNO2/c1-2-16-11-5-3-10(4-6-11)7-8-14-12(15)9-13/h3-6H,2,7-9H2,1H3,(H,14,15). The Kier molecular flexibility index (Phi) is 5.93. The molecule has 0 saturated heterocycles. The highest BCUT2D eigenvalue weighted by Crippen LogP contribution is 2.12. The van der Waals surface area contributed by atoms with Crippen LogP contribution in [0.4, 0.5) is 0 Å². The van der Waals surface area contributed by atoms with Gasteiger partial charge in [-0.3, -0.25) is 4.79 Å². The van der Waals surface area contributed by atoms with Crippen LogP contribution < -0.4 is 10.1 Å². The number of halogens is 1. The number of benzene rings is 1. The summed E-state index contributed by atoms with van der Waals surface area (Å²) in [6, 6.07) is 7.94. The summed E-state index contributed by atoms with van der Waals surface area (Å²) in [5, 5.41) is 3.16. The lowest BCUT2D eigenvalue weighted by Gasteiger charge is -2.05. The van der Waals surface area contributed by atoms with Gasteiger partial charge >= 0.3 is 0 Å². The molecule has 1 aromatic carbocycles. The Hall–Kier alpha value is -1.03. The summed E-state index contributed by atoms with van der Waals surface area (Å²) in [5.74, 6) is 0.904. The van der Waals surface area contributed by atoms with E-state index in [2.05, 4.69) is 21.2 Å². The zero-order chi connectivity index (χ0) is 11.8. The Morgan fingerprint density at radius 2 is 2.06 bits per heavy atom. The smallest absolute Gasteiger partial charge is 0.230 e. The van der Waals surface area contributed by atoms with E-state index in [-0.39, 0.29) is 5.91 Å². The summed E-state index contributed by atoms with van der Waals surface area (Å²) in [6.07, 6.45) is 0.838. The Morgan fingerprint density at radius 3 is 2.62 bits per heavy atom. The molecule has 0 fully saturated rings. The zero-order valence-electron chi connectivity index (χ0n) is 9.33. The largest absolute Gasteiger partial charge is 0.494 e. The van der Waals surface area contributed by atoms with Crippen molar-refractivity contribution < 1.29 is 9.53 Å². The monoisotopic (exact) mass is 285 g/mol. The topological polar surface area (TPSA) is 38.3 Å². The molecule has 0 aliphatic heterocycles. The molecule has 1 rings (SSSR count). The van der Waals surface area contributed by atoms with Gasteiger partial charge < -0.3 is 10.1 Å². The van der Waals surface area contributed by atoms with Crippen LogP contribution in [0.15, 0.2) is 24.3 Å². The minimum absolute atomic E-state index is 0.0194. The minimum Gasteiger partial charge on any atom is -0.494 e. The second-order valence-corrected chi connectivity index (χ2v) is 3.87. The predicted molar refractivity (Wildman–Crippen MR) is 68.1 cm³/mol. The Balaban J connectivity index is 2.34. The van der Waals surface area contributed by atoms with Gasteiger partial charge in [0.15, 0.2) is 0 Å². The molecular formula is C12H16BrNO2. The van der Waals surface area contributed by atoms with Crippen LogP contribution in [0.1, 0.15) is 12.5 Å². The number of carbonyl (C=O) groups is 1. The van der Waals surface area contributed by atoms with E-state index < -0.39 is 0 Å². The molecule has 16 heavy (non-hydrogen) atoms. The van der Waals surface area contributed by atoms with Crippen molar-refractivity contribution >= 4 is 21.8 Å². The number of rotatable bonds is 6. The molecule has 0 aliphatic carbocycles. The molecule has 0 bridgehead atoms. The van der Waals surface area contributed by atoms with Crippen molar-refractivity contribution in [1.82, 2.24) is 5.32 Å². The highest BCUT2D eigenvalue weighted by molar-refractivity contribution is 9.09. The van der Waals surface area contributed by atoms with E-state index in [9.17, 15) is 4.79 Å². The van der Waals surface area contributed by atoms with E-state index in [4.69, 9.17) is 4.74 Å². The number of ether oxygens (including phenoxy) is 1. The maximum atomic E-state index is 11.0. The van der Waals surface area contributed by atoms with Crippen LogP contribution >= 0.6 is 15.9 Å². The highest BCUT2D eigenvalue weighted by Gasteiger charge is 1.98. The van der Waals surface area contributed by atoms with Gasteiger partial charge in [-0.25, -0.2) is 0 Å². The van der Waals surface area contributed by atoms with Gasteiger partial charge in [0.05, 0.1) is 11.9 Å². The summed E-state index contributed by atoms with van der Waals surface area (Å²) in [5.41, 5.74) is 1.19. The van der Waals surface area contributed by atoms with Gasteiger partial charge in [0.1, 0.15) is 5.75 Å². The van der Waals surface area contributed by atoms with Crippen molar-refractivity contribution in [2.75, 3.05) is 18.5 Å². The highest BCUT2D eigenvalue weighted by atomic mass is 79.9. The van der Waals surface area contributed by atoms with Crippen molar-refractivity contribution in [3.05, 3.63) is 29.8 Å². The van der Waals surface area contributed by atoms with Gasteiger partial charge in [-0.05, 0) is 31.0 Å². The normalized spacial score (nSPS) is 9.88. The minimum atomic E-state index is 0.0194. The molecule has 0 saturated carbocycles. The third kappa shape index (κ3) is 4.66. The van der Waals surface area contributed by atoms with Crippen LogP contribution in [0, 0.1) is 0 Å². The summed E-state index contributed by atoms with van der Waals surface area (Å²) in [4.78, 5) is 11.0. The number of alkyl halides is 1. The van der Waals surface area contributed by atoms with Gasteiger partial charge in [0, 0.05) is 6.54 Å². The van der Waals surface area contributed by atoms with E-state index in [1.54, 1.807) is 0 Å². The van der Waals surface area contributed by atoms with E-state index in [0.717, 1.165) is 12.2 Å². The van der Waals surface area contributed by atoms with Gasteiger partial charge in [-0.2, -0.15) is 0 Å². The van der Waals surface area contributed by atoms with Crippen LogP contribution in [0.25, 0.3) is 0 Å². The Bertz CT molecular complexity index is 324.